The van der Waals surface area contributed by atoms with Gasteiger partial charge in [-0.3, -0.25) is 24.0 Å². The standard InChI is InChI=1S/C26H34F2N4O7/c1-14(2)18(20(33)26(27,28)25(39)29-13-16-9-6-5-7-10-16)30-21(34)17-11-8-12-32(17)23(36)19(15(3)4)31-22(35)24(37)38/h5-7,9-10,14-15,17-19H,8,11-13H2,1-4H3,(H,29,39)(H,30,34)(H,31,35)(H,37,38)/t17?,18?,19-/m0/s1. The molecule has 0 spiro atoms. The Hall–Kier alpha value is -3.90. The fraction of sp³-hybridized carbons (Fsp3) is 0.538. The van der Waals surface area contributed by atoms with E-state index in [1.807, 2.05) is 5.32 Å². The molecule has 4 N–H and O–H groups in total. The summed E-state index contributed by atoms with van der Waals surface area (Å²) in [6, 6.07) is 4.14. The molecule has 0 aromatic heterocycles. The molecule has 2 unspecified atom stereocenters. The van der Waals surface area contributed by atoms with E-state index in [4.69, 9.17) is 5.11 Å². The number of carbonyl (C=O) groups is 6. The molecule has 13 heteroatoms. The highest BCUT2D eigenvalue weighted by atomic mass is 19.3. The summed E-state index contributed by atoms with van der Waals surface area (Å²) in [5, 5.41) is 15.3. The van der Waals surface area contributed by atoms with E-state index in [-0.39, 0.29) is 19.5 Å². The average molecular weight is 553 g/mol. The maximum absolute atomic E-state index is 14.9. The van der Waals surface area contributed by atoms with Crippen LogP contribution in [0.15, 0.2) is 30.3 Å². The van der Waals surface area contributed by atoms with Gasteiger partial charge < -0.3 is 26.0 Å². The molecule has 4 amide bonds. The summed E-state index contributed by atoms with van der Waals surface area (Å²) < 4.78 is 29.7. The number of aliphatic carboxylic acids is 1. The number of carboxylic acids is 1. The Kier molecular flexibility index (Phi) is 10.6. The fourth-order valence-corrected chi connectivity index (χ4v) is 4.18. The molecule has 1 saturated heterocycles. The molecule has 39 heavy (non-hydrogen) atoms. The molecule has 11 nitrogen and oxygen atoms in total. The number of nitrogens with one attached hydrogen (secondary N) is 3. The van der Waals surface area contributed by atoms with E-state index in [1.54, 1.807) is 44.2 Å². The average Bonchev–Trinajstić information content (AvgIpc) is 3.38. The molecule has 1 aliphatic heterocycles. The molecule has 0 aliphatic carbocycles. The van der Waals surface area contributed by atoms with Crippen LogP contribution in [-0.2, 0) is 35.3 Å². The first-order valence-corrected chi connectivity index (χ1v) is 12.6. The van der Waals surface area contributed by atoms with Crippen LogP contribution in [0.4, 0.5) is 8.78 Å². The summed E-state index contributed by atoms with van der Waals surface area (Å²) in [6.07, 6.45) is 0.530. The Morgan fingerprint density at radius 3 is 2.10 bits per heavy atom. The quantitative estimate of drug-likeness (QED) is 0.234. The lowest BCUT2D eigenvalue weighted by Crippen LogP contribution is -2.60. The fourth-order valence-electron chi connectivity index (χ4n) is 4.18. The lowest BCUT2D eigenvalue weighted by molar-refractivity contribution is -0.161. The third kappa shape index (κ3) is 7.80. The number of rotatable bonds is 11. The summed E-state index contributed by atoms with van der Waals surface area (Å²) >= 11 is 0. The first-order valence-electron chi connectivity index (χ1n) is 12.6. The van der Waals surface area contributed by atoms with Crippen molar-refractivity contribution >= 4 is 35.4 Å². The van der Waals surface area contributed by atoms with Crippen LogP contribution < -0.4 is 16.0 Å². The van der Waals surface area contributed by atoms with Gasteiger partial charge >= 0.3 is 17.8 Å². The zero-order chi connectivity index (χ0) is 29.5. The molecule has 2 rings (SSSR count). The Morgan fingerprint density at radius 1 is 0.974 bits per heavy atom. The van der Waals surface area contributed by atoms with Gasteiger partial charge in [-0.15, -0.1) is 0 Å². The van der Waals surface area contributed by atoms with E-state index in [0.29, 0.717) is 12.0 Å². The van der Waals surface area contributed by atoms with Gasteiger partial charge in [-0.1, -0.05) is 58.0 Å². The van der Waals surface area contributed by atoms with Crippen molar-refractivity contribution in [2.75, 3.05) is 6.54 Å². The second-order valence-corrected chi connectivity index (χ2v) is 10.0. The van der Waals surface area contributed by atoms with Gasteiger partial charge in [0.25, 0.3) is 5.91 Å². The molecule has 0 saturated carbocycles. The number of alkyl halides is 2. The van der Waals surface area contributed by atoms with Crippen molar-refractivity contribution in [2.45, 2.75) is 71.1 Å². The number of hydrogen-bond acceptors (Lipinski definition) is 6. The Bertz CT molecular complexity index is 1100. The number of hydrogen-bond donors (Lipinski definition) is 4. The van der Waals surface area contributed by atoms with Crippen molar-refractivity contribution in [2.24, 2.45) is 11.8 Å². The van der Waals surface area contributed by atoms with Gasteiger partial charge in [-0.2, -0.15) is 8.78 Å². The Labute approximate surface area is 224 Å². The first-order chi connectivity index (χ1) is 18.2. The predicted molar refractivity (Wildman–Crippen MR) is 134 cm³/mol. The molecule has 0 radical (unpaired) electrons. The summed E-state index contributed by atoms with van der Waals surface area (Å²) in [7, 11) is 0. The van der Waals surface area contributed by atoms with E-state index < -0.39 is 71.3 Å². The van der Waals surface area contributed by atoms with Crippen LogP contribution in [0.3, 0.4) is 0 Å². The number of benzene rings is 1. The van der Waals surface area contributed by atoms with Crippen LogP contribution in [0.1, 0.15) is 46.1 Å². The lowest BCUT2D eigenvalue weighted by atomic mass is 9.94. The van der Waals surface area contributed by atoms with Gasteiger partial charge in [-0.05, 0) is 30.2 Å². The molecule has 1 aliphatic rings. The Morgan fingerprint density at radius 2 is 1.56 bits per heavy atom. The van der Waals surface area contributed by atoms with Crippen molar-refractivity contribution < 1.29 is 42.7 Å². The first kappa shape index (κ1) is 31.3. The van der Waals surface area contributed by atoms with E-state index in [1.165, 1.54) is 13.8 Å². The minimum absolute atomic E-state index is 0.0986. The highest BCUT2D eigenvalue weighted by Crippen LogP contribution is 2.24. The van der Waals surface area contributed by atoms with Crippen molar-refractivity contribution in [3.8, 4) is 0 Å². The monoisotopic (exact) mass is 552 g/mol. The number of Topliss-reactive ketones (excluding diaryl/α,β-unsaturated/α-hetero) is 1. The molecule has 1 aromatic carbocycles. The molecule has 0 bridgehead atoms. The van der Waals surface area contributed by atoms with Gasteiger partial charge in [0.05, 0.1) is 6.04 Å². The molecule has 3 atom stereocenters. The highest BCUT2D eigenvalue weighted by molar-refractivity contribution is 6.32. The van der Waals surface area contributed by atoms with E-state index in [9.17, 15) is 37.5 Å². The molecule has 214 valence electrons. The van der Waals surface area contributed by atoms with Crippen LogP contribution in [0.2, 0.25) is 0 Å². The topological polar surface area (TPSA) is 162 Å². The molecule has 1 fully saturated rings. The van der Waals surface area contributed by atoms with E-state index in [2.05, 4.69) is 10.6 Å². The molecule has 1 aromatic rings. The number of carboxylic acid groups (broad SMARTS) is 1. The SMILES string of the molecule is CC(C)C(NC(=O)C1CCCN1C(=O)[C@@H](NC(=O)C(=O)O)C(C)C)C(=O)C(F)(F)C(=O)NCc1ccccc1. The number of nitrogens with zero attached hydrogens (tertiary/aromatic N) is 1. The van der Waals surface area contributed by atoms with E-state index in [0.717, 1.165) is 4.90 Å². The lowest BCUT2D eigenvalue weighted by Gasteiger charge is -2.32. The van der Waals surface area contributed by atoms with Crippen LogP contribution in [0.5, 0.6) is 0 Å². The smallest absolute Gasteiger partial charge is 0.394 e. The predicted octanol–water partition coefficient (Wildman–Crippen LogP) is 0.864. The third-order valence-corrected chi connectivity index (χ3v) is 6.39. The zero-order valence-corrected chi connectivity index (χ0v) is 22.2. The summed E-state index contributed by atoms with van der Waals surface area (Å²) in [4.78, 5) is 75.1. The van der Waals surface area contributed by atoms with Gasteiger partial charge in [0.15, 0.2) is 0 Å². The normalized spacial score (nSPS) is 16.9. The van der Waals surface area contributed by atoms with Gasteiger partial charge in [-0.25, -0.2) is 4.79 Å². The number of carbonyl (C=O) groups excluding carboxylic acids is 5. The number of halogens is 2. The Balaban J connectivity index is 2.15. The van der Waals surface area contributed by atoms with Crippen LogP contribution in [0, 0.1) is 11.8 Å². The number of ketones is 1. The maximum Gasteiger partial charge on any atom is 0.394 e. The molecule has 1 heterocycles. The van der Waals surface area contributed by atoms with E-state index >= 15 is 0 Å². The summed E-state index contributed by atoms with van der Waals surface area (Å²) in [5.74, 6) is -14.1. The number of amides is 4. The maximum atomic E-state index is 14.9. The van der Waals surface area contributed by atoms with Crippen molar-refractivity contribution in [3.05, 3.63) is 35.9 Å². The van der Waals surface area contributed by atoms with Crippen molar-refractivity contribution in [3.63, 3.8) is 0 Å². The van der Waals surface area contributed by atoms with Gasteiger partial charge in [0, 0.05) is 13.1 Å². The van der Waals surface area contributed by atoms with Crippen LogP contribution in [0.25, 0.3) is 0 Å². The molecular weight excluding hydrogens is 518 g/mol. The van der Waals surface area contributed by atoms with Crippen molar-refractivity contribution in [1.82, 2.24) is 20.9 Å². The zero-order valence-electron chi connectivity index (χ0n) is 22.2. The third-order valence-electron chi connectivity index (χ3n) is 6.39. The minimum Gasteiger partial charge on any atom is -0.474 e. The van der Waals surface area contributed by atoms with Gasteiger partial charge in [0.1, 0.15) is 12.1 Å². The second kappa shape index (κ2) is 13.3. The highest BCUT2D eigenvalue weighted by Gasteiger charge is 2.51. The minimum atomic E-state index is -4.44. The van der Waals surface area contributed by atoms with Crippen molar-refractivity contribution in [1.29, 1.82) is 0 Å². The number of likely N-dealkylation sites (tertiary alicyclic amines) is 1. The largest absolute Gasteiger partial charge is 0.474 e. The van der Waals surface area contributed by atoms with Crippen LogP contribution >= 0.6 is 0 Å². The molecular formula is C26H34F2N4O7. The second-order valence-electron chi connectivity index (χ2n) is 10.0. The summed E-state index contributed by atoms with van der Waals surface area (Å²) in [5.41, 5.74) is 0.549. The summed E-state index contributed by atoms with van der Waals surface area (Å²) in [6.45, 7) is 5.88. The van der Waals surface area contributed by atoms with Crippen LogP contribution in [-0.4, -0.2) is 76.0 Å². The van der Waals surface area contributed by atoms with Gasteiger partial charge in [0.2, 0.25) is 17.6 Å².